The van der Waals surface area contributed by atoms with Crippen molar-refractivity contribution >= 4 is 19.2 Å². The van der Waals surface area contributed by atoms with Gasteiger partial charge in [-0.1, -0.05) is 107 Å². The van der Waals surface area contributed by atoms with Gasteiger partial charge in [-0.25, -0.2) is 4.57 Å². The third kappa shape index (κ3) is 11.6. The molecule has 0 spiro atoms. The van der Waals surface area contributed by atoms with Crippen molar-refractivity contribution in [2.45, 2.75) is 104 Å². The Morgan fingerprint density at radius 1 is 0.833 bits per heavy atom. The van der Waals surface area contributed by atoms with Crippen LogP contribution < -0.4 is 23.1 Å². The van der Waals surface area contributed by atoms with Gasteiger partial charge in [-0.15, -0.1) is 0 Å². The molecule has 0 aliphatic rings. The molecule has 0 fully saturated rings. The monoisotopic (exact) mass is 618 g/mol. The van der Waals surface area contributed by atoms with E-state index in [4.69, 9.17) is 18.5 Å². The molecule has 0 aliphatic carbocycles. The van der Waals surface area contributed by atoms with Crippen LogP contribution in [0.15, 0.2) is 47.8 Å². The largest absolute Gasteiger partial charge is 0.585 e. The van der Waals surface area contributed by atoms with Crippen molar-refractivity contribution in [1.29, 1.82) is 0 Å². The number of methoxy groups -OCH3 is 1. The van der Waals surface area contributed by atoms with Crippen molar-refractivity contribution in [1.82, 2.24) is 0 Å². The molecule has 0 radical (unpaired) electrons. The van der Waals surface area contributed by atoms with E-state index >= 15 is 0 Å². The van der Waals surface area contributed by atoms with Crippen LogP contribution in [0.2, 0.25) is 0 Å². The molecule has 0 aliphatic heterocycles. The van der Waals surface area contributed by atoms with Crippen LogP contribution in [-0.2, 0) is 11.1 Å². The fourth-order valence-electron chi connectivity index (χ4n) is 4.95. The van der Waals surface area contributed by atoms with Gasteiger partial charge < -0.3 is 18.5 Å². The summed E-state index contributed by atoms with van der Waals surface area (Å²) in [5, 5.41) is 3.29. The summed E-state index contributed by atoms with van der Waals surface area (Å²) >= 11 is 1.69. The molecule has 9 heteroatoms. The lowest BCUT2D eigenvalue weighted by Crippen LogP contribution is -2.37. The number of rotatable bonds is 21. The maximum Gasteiger partial charge on any atom is 0.585 e. The number of phosphoric acid groups is 1. The van der Waals surface area contributed by atoms with Gasteiger partial charge in [-0.3, -0.25) is 4.89 Å². The molecule has 1 atom stereocenters. The third-order valence-electron chi connectivity index (χ3n) is 7.28. The molecule has 3 aromatic rings. The average Bonchev–Trinajstić information content (AvgIpc) is 3.27. The summed E-state index contributed by atoms with van der Waals surface area (Å²) in [7, 11) is -3.02. The maximum atomic E-state index is 13.0. The summed E-state index contributed by atoms with van der Waals surface area (Å²) in [6.07, 6.45) is 15.3. The van der Waals surface area contributed by atoms with Crippen LogP contribution in [-0.4, -0.2) is 18.6 Å². The predicted octanol–water partition coefficient (Wildman–Crippen LogP) is 9.35. The zero-order valence-corrected chi connectivity index (χ0v) is 27.5. The lowest BCUT2D eigenvalue weighted by molar-refractivity contribution is -0.695. The highest BCUT2D eigenvalue weighted by molar-refractivity contribution is 7.48. The Labute approximate surface area is 256 Å². The van der Waals surface area contributed by atoms with E-state index in [1.807, 2.05) is 6.07 Å². The van der Waals surface area contributed by atoms with Crippen molar-refractivity contribution in [2.75, 3.05) is 13.7 Å². The first-order chi connectivity index (χ1) is 20.3. The van der Waals surface area contributed by atoms with Crippen molar-refractivity contribution in [3.8, 4) is 23.0 Å². The van der Waals surface area contributed by atoms with Crippen LogP contribution in [0.4, 0.5) is 0 Å². The van der Waals surface area contributed by atoms with Crippen LogP contribution in [0.25, 0.3) is 0 Å². The van der Waals surface area contributed by atoms with E-state index in [0.717, 1.165) is 24.1 Å². The van der Waals surface area contributed by atoms with Crippen LogP contribution in [0.1, 0.15) is 100 Å². The molecule has 2 aromatic carbocycles. The number of unbranched alkanes of at least 4 members (excludes halogenated alkanes) is 11. The second kappa shape index (κ2) is 18.2. The number of phosphoric ester groups is 1. The van der Waals surface area contributed by atoms with Crippen LogP contribution in [0.3, 0.4) is 0 Å². The number of nitrogens with zero attached hydrogens (tertiary/aromatic N) is 1. The second-order valence-corrected chi connectivity index (χ2v) is 13.2. The average molecular weight is 619 g/mol. The minimum absolute atomic E-state index is 0.0896. The molecule has 1 N–H and O–H groups in total. The summed E-state index contributed by atoms with van der Waals surface area (Å²) in [5.41, 5.74) is 2.11. The van der Waals surface area contributed by atoms with Gasteiger partial charge in [-0.2, -0.15) is 4.57 Å². The number of thiazole rings is 1. The molecule has 1 aromatic heterocycles. The summed E-state index contributed by atoms with van der Waals surface area (Å²) in [6, 6.07) is 12.2. The molecular formula is C33H49NO6PS+. The van der Waals surface area contributed by atoms with Gasteiger partial charge in [0.25, 0.3) is 0 Å². The second-order valence-electron chi connectivity index (χ2n) is 10.8. The number of aryl methyl sites for hydroxylation is 2. The Morgan fingerprint density at radius 3 is 2.07 bits per heavy atom. The Bertz CT molecular complexity index is 1240. The summed E-state index contributed by atoms with van der Waals surface area (Å²) in [6.45, 7) is 7.56. The molecule has 0 bridgehead atoms. The summed E-state index contributed by atoms with van der Waals surface area (Å²) in [4.78, 5) is 10.6. The predicted molar refractivity (Wildman–Crippen MR) is 170 cm³/mol. The van der Waals surface area contributed by atoms with Gasteiger partial charge in [0, 0.05) is 19.4 Å². The number of ether oxygens (including phenoxy) is 2. The summed E-state index contributed by atoms with van der Waals surface area (Å²) in [5.74, 6) is 1.08. The molecule has 7 nitrogen and oxygen atoms in total. The highest BCUT2D eigenvalue weighted by atomic mass is 32.1. The van der Waals surface area contributed by atoms with E-state index in [1.54, 1.807) is 47.7 Å². The fourth-order valence-corrected chi connectivity index (χ4v) is 6.56. The molecule has 42 heavy (non-hydrogen) atoms. The molecule has 0 amide bonds. The zero-order chi connectivity index (χ0) is 30.2. The molecular weight excluding hydrogens is 569 g/mol. The molecule has 232 valence electrons. The number of para-hydroxylation sites is 1. The Kier molecular flexibility index (Phi) is 14.7. The highest BCUT2D eigenvalue weighted by Gasteiger charge is 2.28. The number of aromatic nitrogens is 1. The van der Waals surface area contributed by atoms with E-state index < -0.39 is 7.82 Å². The van der Waals surface area contributed by atoms with Gasteiger partial charge in [-0.05, 0) is 30.7 Å². The number of hydrogen-bond acceptors (Lipinski definition) is 6. The van der Waals surface area contributed by atoms with Gasteiger partial charge in [0.1, 0.15) is 5.75 Å². The van der Waals surface area contributed by atoms with Gasteiger partial charge >= 0.3 is 7.82 Å². The van der Waals surface area contributed by atoms with E-state index in [2.05, 4.69) is 30.7 Å². The SMILES string of the molecule is CCCCCCCCCCCCCCOc1cccc(OP(=O)(O)Oc2cccc(C[n+]3c(C)csc3C)c2)c1OC. The molecule has 0 saturated heterocycles. The van der Waals surface area contributed by atoms with E-state index in [0.29, 0.717) is 18.9 Å². The minimum atomic E-state index is -4.51. The van der Waals surface area contributed by atoms with E-state index in [1.165, 1.54) is 76.3 Å². The zero-order valence-electron chi connectivity index (χ0n) is 25.8. The molecule has 3 rings (SSSR count). The van der Waals surface area contributed by atoms with E-state index in [-0.39, 0.29) is 17.2 Å². The first-order valence-corrected chi connectivity index (χ1v) is 17.8. The van der Waals surface area contributed by atoms with Crippen molar-refractivity contribution in [3.63, 3.8) is 0 Å². The third-order valence-corrected chi connectivity index (χ3v) is 9.17. The van der Waals surface area contributed by atoms with Crippen LogP contribution in [0.5, 0.6) is 23.0 Å². The quantitative estimate of drug-likeness (QED) is 0.0728. The minimum Gasteiger partial charge on any atom is -0.490 e. The lowest BCUT2D eigenvalue weighted by atomic mass is 10.1. The normalized spacial score (nSPS) is 12.6. The van der Waals surface area contributed by atoms with Gasteiger partial charge in [0.05, 0.1) is 19.1 Å². The first kappa shape index (κ1) is 34.0. The maximum absolute atomic E-state index is 13.0. The van der Waals surface area contributed by atoms with Crippen molar-refractivity contribution in [3.05, 3.63) is 64.1 Å². The van der Waals surface area contributed by atoms with Crippen molar-refractivity contribution < 1.29 is 32.5 Å². The number of benzene rings is 2. The topological polar surface area (TPSA) is 78.1 Å². The Balaban J connectivity index is 1.44. The van der Waals surface area contributed by atoms with Gasteiger partial charge in [0.15, 0.2) is 23.7 Å². The summed E-state index contributed by atoms with van der Waals surface area (Å²) < 4.78 is 37.5. The molecule has 0 saturated carbocycles. The van der Waals surface area contributed by atoms with Gasteiger partial charge in [0.2, 0.25) is 10.8 Å². The lowest BCUT2D eigenvalue weighted by Gasteiger charge is -2.18. The van der Waals surface area contributed by atoms with E-state index in [9.17, 15) is 9.46 Å². The Hall–Kier alpha value is -2.54. The highest BCUT2D eigenvalue weighted by Crippen LogP contribution is 2.49. The standard InChI is InChI=1S/C33H48NO6PS/c1-5-6-7-8-9-10-11-12-13-14-15-16-23-38-31-21-18-22-32(33(31)37-4)40-41(35,36)39-30-20-17-19-29(24-30)25-34-27(2)26-42-28(34)3/h17-22,24,26H,5-16,23,25H2,1-4H3/p+1. The smallest absolute Gasteiger partial charge is 0.490 e. The Morgan fingerprint density at radius 2 is 1.45 bits per heavy atom. The number of hydrogen-bond donors (Lipinski definition) is 1. The van der Waals surface area contributed by atoms with Crippen molar-refractivity contribution in [2.24, 2.45) is 0 Å². The molecule has 1 unspecified atom stereocenters. The fraction of sp³-hybridized carbons (Fsp3) is 0.545. The molecule has 1 heterocycles. The van der Waals surface area contributed by atoms with Crippen LogP contribution in [0, 0.1) is 13.8 Å². The van der Waals surface area contributed by atoms with Crippen LogP contribution >= 0.6 is 19.2 Å². The first-order valence-electron chi connectivity index (χ1n) is 15.4.